The largest absolute Gasteiger partial charge is 0.493 e. The van der Waals surface area contributed by atoms with Crippen molar-refractivity contribution in [1.29, 1.82) is 0 Å². The Kier molecular flexibility index (Phi) is 6.77. The lowest BCUT2D eigenvalue weighted by Gasteiger charge is -2.23. The normalized spacial score (nSPS) is 13.3. The molecular formula is C23H28N2O4. The summed E-state index contributed by atoms with van der Waals surface area (Å²) in [4.78, 5) is 2.13. The van der Waals surface area contributed by atoms with Gasteiger partial charge in [0.2, 0.25) is 0 Å². The molecule has 3 rings (SSSR count). The van der Waals surface area contributed by atoms with Gasteiger partial charge in [0.15, 0.2) is 17.3 Å². The smallest absolute Gasteiger partial charge is 0.258 e. The third-order valence-electron chi connectivity index (χ3n) is 5.11. The fraction of sp³-hybridized carbons (Fsp3) is 0.348. The van der Waals surface area contributed by atoms with Crippen molar-refractivity contribution < 1.29 is 18.4 Å². The van der Waals surface area contributed by atoms with Crippen LogP contribution in [0.1, 0.15) is 48.5 Å². The molecule has 0 bridgehead atoms. The molecule has 6 heteroatoms. The van der Waals surface area contributed by atoms with Gasteiger partial charge in [0, 0.05) is 6.07 Å². The quantitative estimate of drug-likeness (QED) is 0.440. The molecular weight excluding hydrogens is 368 g/mol. The van der Waals surface area contributed by atoms with Crippen LogP contribution in [0, 0.1) is 0 Å². The number of ether oxygens (including phenoxy) is 2. The average molecular weight is 396 g/mol. The minimum Gasteiger partial charge on any atom is -0.493 e. The fourth-order valence-electron chi connectivity index (χ4n) is 3.34. The van der Waals surface area contributed by atoms with Crippen molar-refractivity contribution in [3.05, 3.63) is 78.0 Å². The van der Waals surface area contributed by atoms with E-state index in [1.54, 1.807) is 19.4 Å². The monoisotopic (exact) mass is 396 g/mol. The van der Waals surface area contributed by atoms with Gasteiger partial charge in [0.1, 0.15) is 6.61 Å². The van der Waals surface area contributed by atoms with Gasteiger partial charge in [-0.25, -0.2) is 0 Å². The highest BCUT2D eigenvalue weighted by atomic mass is 16.5. The SMILES string of the molecule is C=C[C@@H](c1onc(OCc2ccccc2)c1C(C)c1occc1OC)N(C)CC. The third-order valence-corrected chi connectivity index (χ3v) is 5.11. The molecule has 2 atom stereocenters. The van der Waals surface area contributed by atoms with Crippen LogP contribution < -0.4 is 9.47 Å². The predicted molar refractivity (Wildman–Crippen MR) is 111 cm³/mol. The zero-order valence-electron chi connectivity index (χ0n) is 17.4. The maximum Gasteiger partial charge on any atom is 0.258 e. The van der Waals surface area contributed by atoms with Crippen LogP contribution in [0.25, 0.3) is 0 Å². The molecule has 0 spiro atoms. The fourth-order valence-corrected chi connectivity index (χ4v) is 3.34. The summed E-state index contributed by atoms with van der Waals surface area (Å²) in [5, 5.41) is 4.25. The highest BCUT2D eigenvalue weighted by molar-refractivity contribution is 5.43. The van der Waals surface area contributed by atoms with Crippen LogP contribution in [-0.4, -0.2) is 30.8 Å². The topological polar surface area (TPSA) is 60.9 Å². The highest BCUT2D eigenvalue weighted by Crippen LogP contribution is 2.41. The molecule has 2 aromatic heterocycles. The van der Waals surface area contributed by atoms with Crippen LogP contribution >= 0.6 is 0 Å². The second-order valence-electron chi connectivity index (χ2n) is 6.87. The highest BCUT2D eigenvalue weighted by Gasteiger charge is 2.32. The molecule has 0 saturated carbocycles. The Morgan fingerprint density at radius 2 is 1.97 bits per heavy atom. The van der Waals surface area contributed by atoms with E-state index in [0.717, 1.165) is 17.7 Å². The number of methoxy groups -OCH3 is 1. The second kappa shape index (κ2) is 9.47. The summed E-state index contributed by atoms with van der Waals surface area (Å²) in [5.74, 6) is 2.34. The van der Waals surface area contributed by atoms with Gasteiger partial charge in [-0.05, 0) is 24.3 Å². The molecule has 2 heterocycles. The Hall–Kier alpha value is -2.99. The molecule has 0 aliphatic rings. The number of likely N-dealkylation sites (N-methyl/N-ethyl adjacent to an activating group) is 1. The maximum absolute atomic E-state index is 6.06. The van der Waals surface area contributed by atoms with Crippen LogP contribution in [0.4, 0.5) is 0 Å². The zero-order chi connectivity index (χ0) is 20.8. The lowest BCUT2D eigenvalue weighted by molar-refractivity contribution is 0.233. The number of hydrogen-bond acceptors (Lipinski definition) is 6. The van der Waals surface area contributed by atoms with E-state index in [-0.39, 0.29) is 12.0 Å². The third kappa shape index (κ3) is 4.38. The number of nitrogens with zero attached hydrogens (tertiary/aromatic N) is 2. The molecule has 29 heavy (non-hydrogen) atoms. The van der Waals surface area contributed by atoms with Gasteiger partial charge in [-0.15, -0.1) is 6.58 Å². The number of furan rings is 1. The molecule has 0 N–H and O–H groups in total. The first-order valence-corrected chi connectivity index (χ1v) is 9.71. The molecule has 0 aliphatic carbocycles. The van der Waals surface area contributed by atoms with Crippen LogP contribution in [0.5, 0.6) is 11.6 Å². The molecule has 6 nitrogen and oxygen atoms in total. The Labute approximate surface area is 171 Å². The van der Waals surface area contributed by atoms with E-state index in [4.69, 9.17) is 18.4 Å². The second-order valence-corrected chi connectivity index (χ2v) is 6.87. The van der Waals surface area contributed by atoms with Gasteiger partial charge in [0.25, 0.3) is 5.88 Å². The summed E-state index contributed by atoms with van der Waals surface area (Å²) in [6.45, 7) is 9.32. The summed E-state index contributed by atoms with van der Waals surface area (Å²) >= 11 is 0. The Morgan fingerprint density at radius 3 is 2.62 bits per heavy atom. The predicted octanol–water partition coefficient (Wildman–Crippen LogP) is 5.19. The molecule has 3 aromatic rings. The van der Waals surface area contributed by atoms with E-state index in [2.05, 4.69) is 23.6 Å². The van der Waals surface area contributed by atoms with Gasteiger partial charge in [-0.2, -0.15) is 0 Å². The molecule has 0 radical (unpaired) electrons. The van der Waals surface area contributed by atoms with Crippen LogP contribution in [-0.2, 0) is 6.61 Å². The van der Waals surface area contributed by atoms with E-state index in [1.807, 2.05) is 50.4 Å². The van der Waals surface area contributed by atoms with E-state index in [0.29, 0.717) is 29.8 Å². The lowest BCUT2D eigenvalue weighted by Crippen LogP contribution is -2.23. The van der Waals surface area contributed by atoms with E-state index >= 15 is 0 Å². The van der Waals surface area contributed by atoms with Crippen molar-refractivity contribution in [2.24, 2.45) is 0 Å². The molecule has 0 amide bonds. The molecule has 1 aromatic carbocycles. The molecule has 154 valence electrons. The first-order chi connectivity index (χ1) is 14.1. The summed E-state index contributed by atoms with van der Waals surface area (Å²) in [6, 6.07) is 11.6. The number of rotatable bonds is 10. The summed E-state index contributed by atoms with van der Waals surface area (Å²) in [6.07, 6.45) is 3.46. The number of hydrogen-bond donors (Lipinski definition) is 0. The summed E-state index contributed by atoms with van der Waals surface area (Å²) in [5.41, 5.74) is 1.89. The lowest BCUT2D eigenvalue weighted by atomic mass is 9.95. The van der Waals surface area contributed by atoms with E-state index < -0.39 is 0 Å². The van der Waals surface area contributed by atoms with Gasteiger partial charge in [-0.3, -0.25) is 4.90 Å². The van der Waals surface area contributed by atoms with Crippen molar-refractivity contribution in [3.63, 3.8) is 0 Å². The van der Waals surface area contributed by atoms with Crippen molar-refractivity contribution in [2.45, 2.75) is 32.4 Å². The van der Waals surface area contributed by atoms with E-state index in [1.165, 1.54) is 0 Å². The Bertz CT molecular complexity index is 916. The Morgan fingerprint density at radius 1 is 1.21 bits per heavy atom. The van der Waals surface area contributed by atoms with Gasteiger partial charge in [-0.1, -0.05) is 50.3 Å². The average Bonchev–Trinajstić information content (AvgIpc) is 3.40. The number of aromatic nitrogens is 1. The van der Waals surface area contributed by atoms with Gasteiger partial charge in [0.05, 0.1) is 30.9 Å². The van der Waals surface area contributed by atoms with Crippen LogP contribution in [0.3, 0.4) is 0 Å². The Balaban J connectivity index is 2.00. The van der Waals surface area contributed by atoms with Crippen molar-refractivity contribution >= 4 is 0 Å². The minimum atomic E-state index is -0.181. The molecule has 1 unspecified atom stereocenters. The maximum atomic E-state index is 6.06. The molecule has 0 fully saturated rings. The first kappa shape index (κ1) is 20.7. The van der Waals surface area contributed by atoms with Crippen LogP contribution in [0.2, 0.25) is 0 Å². The number of benzene rings is 1. The standard InChI is InChI=1S/C23H28N2O4/c1-6-18(25(4)7-2)22-20(16(3)21-19(26-5)13-14-27-21)23(24-29-22)28-15-17-11-9-8-10-12-17/h6,8-14,16,18H,1,7,15H2,2-5H3/t16?,18-/m0/s1. The molecule has 0 aliphatic heterocycles. The van der Waals surface area contributed by atoms with Crippen molar-refractivity contribution in [2.75, 3.05) is 20.7 Å². The zero-order valence-corrected chi connectivity index (χ0v) is 17.4. The summed E-state index contributed by atoms with van der Waals surface area (Å²) < 4.78 is 23.0. The van der Waals surface area contributed by atoms with E-state index in [9.17, 15) is 0 Å². The van der Waals surface area contributed by atoms with Gasteiger partial charge >= 0.3 is 0 Å². The summed E-state index contributed by atoms with van der Waals surface area (Å²) in [7, 11) is 3.64. The van der Waals surface area contributed by atoms with Crippen molar-refractivity contribution in [3.8, 4) is 11.6 Å². The minimum absolute atomic E-state index is 0.139. The van der Waals surface area contributed by atoms with Gasteiger partial charge < -0.3 is 18.4 Å². The molecule has 0 saturated heterocycles. The van der Waals surface area contributed by atoms with Crippen molar-refractivity contribution in [1.82, 2.24) is 10.1 Å². The first-order valence-electron chi connectivity index (χ1n) is 9.71. The van der Waals surface area contributed by atoms with Crippen LogP contribution in [0.15, 0.2) is 64.3 Å².